The minimum atomic E-state index is -3.82. The molecule has 4 heterocycles. The molecule has 4 aliphatic rings. The van der Waals surface area contributed by atoms with Gasteiger partial charge in [0.2, 0.25) is 28.5 Å². The van der Waals surface area contributed by atoms with Gasteiger partial charge in [0.15, 0.2) is 11.5 Å². The van der Waals surface area contributed by atoms with E-state index in [2.05, 4.69) is 9.80 Å². The van der Waals surface area contributed by atoms with Crippen molar-refractivity contribution in [3.8, 4) is 17.2 Å². The summed E-state index contributed by atoms with van der Waals surface area (Å²) in [6.07, 6.45) is 5.09. The maximum atomic E-state index is 14.0. The Morgan fingerprint density at radius 3 is 2.29 bits per heavy atom. The summed E-state index contributed by atoms with van der Waals surface area (Å²) in [7, 11) is -0.233. The first-order valence-electron chi connectivity index (χ1n) is 12.6. The molecule has 0 N–H and O–H groups in total. The smallest absolute Gasteiger partial charge is 0.247 e. The molecule has 1 aromatic carbocycles. The molecule has 0 atom stereocenters. The number of carbonyl (C=O) groups excluding carboxylic acids is 1. The first-order valence-corrected chi connectivity index (χ1v) is 14.0. The van der Waals surface area contributed by atoms with E-state index in [1.165, 1.54) is 17.1 Å². The quantitative estimate of drug-likeness (QED) is 0.585. The zero-order valence-corrected chi connectivity index (χ0v) is 21.6. The molecule has 0 aromatic heterocycles. The van der Waals surface area contributed by atoms with Gasteiger partial charge in [-0.25, -0.2) is 8.42 Å². The summed E-state index contributed by atoms with van der Waals surface area (Å²) in [5, 5.41) is 0. The van der Waals surface area contributed by atoms with Gasteiger partial charge in [0, 0.05) is 57.9 Å². The molecule has 11 heteroatoms. The average molecular weight is 509 g/mol. The van der Waals surface area contributed by atoms with Gasteiger partial charge < -0.3 is 24.0 Å². The van der Waals surface area contributed by atoms with Crippen LogP contribution in [-0.4, -0.2) is 107 Å². The second kappa shape index (κ2) is 10.1. The van der Waals surface area contributed by atoms with E-state index in [1.807, 2.05) is 11.9 Å². The third kappa shape index (κ3) is 4.71. The van der Waals surface area contributed by atoms with Crippen molar-refractivity contribution in [2.24, 2.45) is 0 Å². The topological polar surface area (TPSA) is 91.9 Å². The molecule has 10 nitrogen and oxygen atoms in total. The lowest BCUT2D eigenvalue weighted by Crippen LogP contribution is -2.51. The monoisotopic (exact) mass is 508 g/mol. The van der Waals surface area contributed by atoms with Crippen molar-refractivity contribution in [2.45, 2.75) is 43.5 Å². The van der Waals surface area contributed by atoms with Gasteiger partial charge in [-0.3, -0.25) is 9.69 Å². The number of amides is 1. The van der Waals surface area contributed by atoms with Gasteiger partial charge in [0.25, 0.3) is 0 Å². The van der Waals surface area contributed by atoms with E-state index in [9.17, 15) is 13.2 Å². The summed E-state index contributed by atoms with van der Waals surface area (Å²) in [6, 6.07) is 0. The van der Waals surface area contributed by atoms with E-state index < -0.39 is 10.0 Å². The zero-order valence-electron chi connectivity index (χ0n) is 20.8. The van der Waals surface area contributed by atoms with Crippen molar-refractivity contribution in [1.29, 1.82) is 0 Å². The standard InChI is InChI=1S/C24H36N4O6S/c1-25-10-7-18-19(15-25)21(32-2)22-23(34-17-33-22)24(18)35(30,31)28-13-11-26(12-14-28)16-20(29)27-8-5-3-4-6-9-27/h3-17H2,1-2H3. The highest BCUT2D eigenvalue weighted by Crippen LogP contribution is 2.51. The Hall–Kier alpha value is -2.08. The highest BCUT2D eigenvalue weighted by atomic mass is 32.2. The van der Waals surface area contributed by atoms with Crippen LogP contribution in [0.15, 0.2) is 4.90 Å². The number of rotatable bonds is 5. The lowest BCUT2D eigenvalue weighted by atomic mass is 9.97. The van der Waals surface area contributed by atoms with Gasteiger partial charge in [0.1, 0.15) is 4.90 Å². The number of hydrogen-bond acceptors (Lipinski definition) is 8. The van der Waals surface area contributed by atoms with Gasteiger partial charge in [-0.2, -0.15) is 4.31 Å². The van der Waals surface area contributed by atoms with Crippen LogP contribution in [0.1, 0.15) is 36.8 Å². The number of nitrogens with zero attached hydrogens (tertiary/aromatic N) is 4. The van der Waals surface area contributed by atoms with Gasteiger partial charge in [-0.05, 0) is 31.9 Å². The minimum absolute atomic E-state index is 0.0284. The second-order valence-corrected chi connectivity index (χ2v) is 11.7. The largest absolute Gasteiger partial charge is 0.492 e. The number of carbonyl (C=O) groups is 1. The molecule has 0 radical (unpaired) electrons. The predicted octanol–water partition coefficient (Wildman–Crippen LogP) is 1.12. The average Bonchev–Trinajstić information content (AvgIpc) is 3.15. The Balaban J connectivity index is 1.34. The number of sulfonamides is 1. The Labute approximate surface area is 207 Å². The Morgan fingerprint density at radius 1 is 0.914 bits per heavy atom. The van der Waals surface area contributed by atoms with Gasteiger partial charge in [-0.15, -0.1) is 0 Å². The molecule has 0 spiro atoms. The van der Waals surface area contributed by atoms with Crippen LogP contribution in [0, 0.1) is 0 Å². The SMILES string of the molecule is COc1c2c(c(S(=O)(=O)N3CCN(CC(=O)N4CCCCCC4)CC3)c3c1OCO3)CCN(C)C2. The summed E-state index contributed by atoms with van der Waals surface area (Å²) in [5.74, 6) is 1.36. The fourth-order valence-electron chi connectivity index (χ4n) is 5.60. The molecule has 0 unspecified atom stereocenters. The summed E-state index contributed by atoms with van der Waals surface area (Å²) < 4.78 is 46.5. The Morgan fingerprint density at radius 2 is 1.60 bits per heavy atom. The maximum Gasteiger partial charge on any atom is 0.247 e. The Kier molecular flexibility index (Phi) is 7.11. The van der Waals surface area contributed by atoms with Crippen molar-refractivity contribution in [3.05, 3.63) is 11.1 Å². The van der Waals surface area contributed by atoms with Crippen LogP contribution < -0.4 is 14.2 Å². The number of benzene rings is 1. The lowest BCUT2D eigenvalue weighted by Gasteiger charge is -2.36. The fourth-order valence-corrected chi connectivity index (χ4v) is 7.43. The zero-order chi connectivity index (χ0) is 24.6. The molecule has 194 valence electrons. The van der Waals surface area contributed by atoms with Crippen LogP contribution in [0.25, 0.3) is 0 Å². The molecule has 0 bridgehead atoms. The minimum Gasteiger partial charge on any atom is -0.492 e. The highest BCUT2D eigenvalue weighted by molar-refractivity contribution is 7.89. The van der Waals surface area contributed by atoms with Crippen molar-refractivity contribution in [1.82, 2.24) is 19.0 Å². The van der Waals surface area contributed by atoms with Crippen LogP contribution >= 0.6 is 0 Å². The molecular formula is C24H36N4O6S. The van der Waals surface area contributed by atoms with E-state index in [0.29, 0.717) is 57.2 Å². The van der Waals surface area contributed by atoms with Crippen LogP contribution in [0.4, 0.5) is 0 Å². The fraction of sp³-hybridized carbons (Fsp3) is 0.708. The number of likely N-dealkylation sites (N-methyl/N-ethyl adjacent to an activating group) is 1. The number of fused-ring (bicyclic) bond motifs is 2. The number of methoxy groups -OCH3 is 1. The van der Waals surface area contributed by atoms with Crippen molar-refractivity contribution in [2.75, 3.05) is 73.3 Å². The van der Waals surface area contributed by atoms with E-state index in [-0.39, 0.29) is 23.3 Å². The third-order valence-corrected chi connectivity index (χ3v) is 9.55. The summed E-state index contributed by atoms with van der Waals surface area (Å²) >= 11 is 0. The molecule has 35 heavy (non-hydrogen) atoms. The van der Waals surface area contributed by atoms with Gasteiger partial charge >= 0.3 is 0 Å². The first-order chi connectivity index (χ1) is 16.9. The number of likely N-dealkylation sites (tertiary alicyclic amines) is 1. The molecule has 4 aliphatic heterocycles. The normalized spacial score (nSPS) is 22.1. The Bertz CT molecular complexity index is 1060. The predicted molar refractivity (Wildman–Crippen MR) is 129 cm³/mol. The number of piperazine rings is 1. The van der Waals surface area contributed by atoms with Crippen LogP contribution in [0.2, 0.25) is 0 Å². The van der Waals surface area contributed by atoms with E-state index >= 15 is 0 Å². The first kappa shape index (κ1) is 24.6. The third-order valence-electron chi connectivity index (χ3n) is 7.56. The van der Waals surface area contributed by atoms with E-state index in [4.69, 9.17) is 14.2 Å². The van der Waals surface area contributed by atoms with Crippen LogP contribution in [0.5, 0.6) is 17.2 Å². The molecule has 2 saturated heterocycles. The second-order valence-electron chi connectivity index (χ2n) is 9.85. The highest BCUT2D eigenvalue weighted by Gasteiger charge is 2.41. The van der Waals surface area contributed by atoms with Crippen LogP contribution in [-0.2, 0) is 27.8 Å². The maximum absolute atomic E-state index is 14.0. The molecule has 5 rings (SSSR count). The van der Waals surface area contributed by atoms with E-state index in [0.717, 1.165) is 43.6 Å². The molecular weight excluding hydrogens is 472 g/mol. The molecule has 2 fully saturated rings. The summed E-state index contributed by atoms with van der Waals surface area (Å²) in [6.45, 7) is 5.06. The van der Waals surface area contributed by atoms with Crippen LogP contribution in [0.3, 0.4) is 0 Å². The van der Waals surface area contributed by atoms with Crippen molar-refractivity contribution < 1.29 is 27.4 Å². The van der Waals surface area contributed by atoms with Gasteiger partial charge in [-0.1, -0.05) is 12.8 Å². The summed E-state index contributed by atoms with van der Waals surface area (Å²) in [4.78, 5) is 19.2. The van der Waals surface area contributed by atoms with Crippen molar-refractivity contribution >= 4 is 15.9 Å². The molecule has 1 amide bonds. The number of ether oxygens (including phenoxy) is 3. The van der Waals surface area contributed by atoms with Crippen molar-refractivity contribution in [3.63, 3.8) is 0 Å². The van der Waals surface area contributed by atoms with Gasteiger partial charge in [0.05, 0.1) is 13.7 Å². The lowest BCUT2D eigenvalue weighted by molar-refractivity contribution is -0.132. The number of hydrogen-bond donors (Lipinski definition) is 0. The molecule has 0 saturated carbocycles. The van der Waals surface area contributed by atoms with E-state index in [1.54, 1.807) is 7.11 Å². The summed E-state index contributed by atoms with van der Waals surface area (Å²) in [5.41, 5.74) is 1.62. The molecule has 0 aliphatic carbocycles. The molecule has 1 aromatic rings.